The fourth-order valence-electron chi connectivity index (χ4n) is 1.08. The summed E-state index contributed by atoms with van der Waals surface area (Å²) in [6, 6.07) is 0.0784. The van der Waals surface area contributed by atoms with E-state index in [1.165, 1.54) is 0 Å². The molecular formula is C10H22N2O2. The highest BCUT2D eigenvalue weighted by molar-refractivity contribution is 5.74. The second-order valence-electron chi connectivity index (χ2n) is 3.07. The highest BCUT2D eigenvalue weighted by Crippen LogP contribution is 1.96. The molecule has 0 fully saturated rings. The van der Waals surface area contributed by atoms with Crippen molar-refractivity contribution in [2.75, 3.05) is 39.9 Å². The van der Waals surface area contributed by atoms with Crippen molar-refractivity contribution in [3.63, 3.8) is 0 Å². The summed E-state index contributed by atoms with van der Waals surface area (Å²) in [6.07, 6.45) is 0. The Bertz CT molecular complexity index is 162. The first-order valence-corrected chi connectivity index (χ1v) is 5.25. The third-order valence-electron chi connectivity index (χ3n) is 2.16. The number of hydrogen-bond donors (Lipinski definition) is 0. The van der Waals surface area contributed by atoms with Crippen molar-refractivity contribution in [2.45, 2.75) is 20.8 Å². The van der Waals surface area contributed by atoms with Crippen LogP contribution in [0.2, 0.25) is 0 Å². The van der Waals surface area contributed by atoms with Gasteiger partial charge in [0.1, 0.15) is 0 Å². The number of amides is 2. The Morgan fingerprint density at radius 2 is 1.86 bits per heavy atom. The molecule has 0 unspecified atom stereocenters. The molecule has 0 heterocycles. The van der Waals surface area contributed by atoms with Gasteiger partial charge in [-0.3, -0.25) is 0 Å². The lowest BCUT2D eigenvalue weighted by Gasteiger charge is -2.26. The monoisotopic (exact) mass is 202 g/mol. The number of carbonyl (C=O) groups is 1. The van der Waals surface area contributed by atoms with E-state index < -0.39 is 0 Å². The number of urea groups is 1. The van der Waals surface area contributed by atoms with E-state index in [-0.39, 0.29) is 6.03 Å². The molecule has 0 aliphatic heterocycles. The third-order valence-corrected chi connectivity index (χ3v) is 2.16. The van der Waals surface area contributed by atoms with Crippen molar-refractivity contribution in [1.29, 1.82) is 0 Å². The van der Waals surface area contributed by atoms with Gasteiger partial charge < -0.3 is 14.5 Å². The quantitative estimate of drug-likeness (QED) is 0.610. The van der Waals surface area contributed by atoms with Gasteiger partial charge in [-0.1, -0.05) is 0 Å². The van der Waals surface area contributed by atoms with E-state index in [0.717, 1.165) is 13.1 Å². The van der Waals surface area contributed by atoms with Crippen molar-refractivity contribution < 1.29 is 9.53 Å². The first kappa shape index (κ1) is 13.2. The molecule has 0 N–H and O–H groups in total. The number of nitrogens with zero attached hydrogens (tertiary/aromatic N) is 2. The summed E-state index contributed by atoms with van der Waals surface area (Å²) in [6.45, 7) is 9.37. The van der Waals surface area contributed by atoms with Gasteiger partial charge in [0.25, 0.3) is 0 Å². The zero-order chi connectivity index (χ0) is 11.0. The van der Waals surface area contributed by atoms with Crippen LogP contribution in [0.25, 0.3) is 0 Å². The number of hydrogen-bond acceptors (Lipinski definition) is 2. The van der Waals surface area contributed by atoms with Gasteiger partial charge >= 0.3 is 6.03 Å². The molecule has 0 spiro atoms. The molecule has 84 valence electrons. The molecule has 4 nitrogen and oxygen atoms in total. The Morgan fingerprint density at radius 1 is 1.21 bits per heavy atom. The van der Waals surface area contributed by atoms with Crippen LogP contribution in [-0.2, 0) is 4.74 Å². The molecule has 0 radical (unpaired) electrons. The second kappa shape index (κ2) is 7.62. The van der Waals surface area contributed by atoms with Crippen LogP contribution in [0.1, 0.15) is 20.8 Å². The molecule has 0 aliphatic carbocycles. The Morgan fingerprint density at radius 3 is 2.29 bits per heavy atom. The molecule has 0 saturated carbocycles. The van der Waals surface area contributed by atoms with Gasteiger partial charge in [0.15, 0.2) is 0 Å². The zero-order valence-corrected chi connectivity index (χ0v) is 9.75. The van der Waals surface area contributed by atoms with Crippen molar-refractivity contribution in [3.8, 4) is 0 Å². The molecule has 0 aromatic rings. The maximum atomic E-state index is 11.7. The fraction of sp³-hybridized carbons (Fsp3) is 0.900. The van der Waals surface area contributed by atoms with Crippen LogP contribution >= 0.6 is 0 Å². The van der Waals surface area contributed by atoms with Crippen LogP contribution < -0.4 is 0 Å². The molecule has 0 atom stereocenters. The number of rotatable bonds is 6. The van der Waals surface area contributed by atoms with E-state index >= 15 is 0 Å². The lowest BCUT2D eigenvalue weighted by Crippen LogP contribution is -2.42. The Balaban J connectivity index is 3.92. The molecule has 0 bridgehead atoms. The summed E-state index contributed by atoms with van der Waals surface area (Å²) >= 11 is 0. The fourth-order valence-corrected chi connectivity index (χ4v) is 1.08. The van der Waals surface area contributed by atoms with Gasteiger partial charge in [-0.05, 0) is 20.8 Å². The summed E-state index contributed by atoms with van der Waals surface area (Å²) in [5.74, 6) is 0. The molecule has 0 aromatic carbocycles. The Hall–Kier alpha value is -0.770. The maximum absolute atomic E-state index is 11.7. The SMILES string of the molecule is CCOCCN(CC)C(=O)N(C)CC. The van der Waals surface area contributed by atoms with Gasteiger partial charge in [-0.2, -0.15) is 0 Å². The molecule has 0 aliphatic rings. The number of carbonyl (C=O) groups excluding carboxylic acids is 1. The lowest BCUT2D eigenvalue weighted by molar-refractivity contribution is 0.111. The van der Waals surface area contributed by atoms with Crippen LogP contribution in [-0.4, -0.2) is 55.7 Å². The van der Waals surface area contributed by atoms with E-state index in [0.29, 0.717) is 19.8 Å². The van der Waals surface area contributed by atoms with E-state index in [1.807, 2.05) is 27.8 Å². The third kappa shape index (κ3) is 4.46. The summed E-state index contributed by atoms with van der Waals surface area (Å²) in [7, 11) is 1.81. The van der Waals surface area contributed by atoms with Crippen LogP contribution in [0.5, 0.6) is 0 Å². The van der Waals surface area contributed by atoms with Crippen LogP contribution in [0.4, 0.5) is 4.79 Å². The Labute approximate surface area is 86.8 Å². The molecule has 2 amide bonds. The summed E-state index contributed by atoms with van der Waals surface area (Å²) in [4.78, 5) is 15.2. The lowest BCUT2D eigenvalue weighted by atomic mass is 10.5. The van der Waals surface area contributed by atoms with Crippen molar-refractivity contribution in [3.05, 3.63) is 0 Å². The van der Waals surface area contributed by atoms with E-state index in [4.69, 9.17) is 4.74 Å². The minimum absolute atomic E-state index is 0.0784. The predicted molar refractivity (Wildman–Crippen MR) is 57.4 cm³/mol. The van der Waals surface area contributed by atoms with Crippen molar-refractivity contribution in [2.24, 2.45) is 0 Å². The van der Waals surface area contributed by atoms with Crippen LogP contribution in [0.3, 0.4) is 0 Å². The van der Waals surface area contributed by atoms with Gasteiger partial charge in [-0.25, -0.2) is 4.79 Å². The van der Waals surface area contributed by atoms with Gasteiger partial charge in [0.2, 0.25) is 0 Å². The minimum Gasteiger partial charge on any atom is -0.380 e. The molecule has 0 saturated heterocycles. The first-order chi connectivity index (χ1) is 6.67. The molecule has 0 rings (SSSR count). The van der Waals surface area contributed by atoms with E-state index in [1.54, 1.807) is 9.80 Å². The average Bonchev–Trinajstić information content (AvgIpc) is 2.22. The largest absolute Gasteiger partial charge is 0.380 e. The first-order valence-electron chi connectivity index (χ1n) is 5.25. The zero-order valence-electron chi connectivity index (χ0n) is 9.75. The van der Waals surface area contributed by atoms with Gasteiger partial charge in [0, 0.05) is 33.3 Å². The Kier molecular flexibility index (Phi) is 7.20. The summed E-state index contributed by atoms with van der Waals surface area (Å²) < 4.78 is 5.22. The van der Waals surface area contributed by atoms with Crippen molar-refractivity contribution >= 4 is 6.03 Å². The second-order valence-corrected chi connectivity index (χ2v) is 3.07. The number of likely N-dealkylation sites (N-methyl/N-ethyl adjacent to an activating group) is 1. The standard InChI is InChI=1S/C10H22N2O2/c1-5-11(4)10(13)12(6-2)8-9-14-7-3/h5-9H2,1-4H3. The molecule has 4 heteroatoms. The normalized spacial score (nSPS) is 10.0. The molecule has 0 aromatic heterocycles. The molecule has 14 heavy (non-hydrogen) atoms. The topological polar surface area (TPSA) is 32.8 Å². The summed E-state index contributed by atoms with van der Waals surface area (Å²) in [5.41, 5.74) is 0. The van der Waals surface area contributed by atoms with E-state index in [2.05, 4.69) is 0 Å². The van der Waals surface area contributed by atoms with E-state index in [9.17, 15) is 4.79 Å². The highest BCUT2D eigenvalue weighted by atomic mass is 16.5. The predicted octanol–water partition coefficient (Wildman–Crippen LogP) is 1.42. The molecular weight excluding hydrogens is 180 g/mol. The smallest absolute Gasteiger partial charge is 0.319 e. The minimum atomic E-state index is 0.0784. The highest BCUT2D eigenvalue weighted by Gasteiger charge is 2.14. The number of ether oxygens (including phenoxy) is 1. The average molecular weight is 202 g/mol. The van der Waals surface area contributed by atoms with Crippen LogP contribution in [0.15, 0.2) is 0 Å². The summed E-state index contributed by atoms with van der Waals surface area (Å²) in [5, 5.41) is 0. The maximum Gasteiger partial charge on any atom is 0.319 e. The van der Waals surface area contributed by atoms with Gasteiger partial charge in [-0.15, -0.1) is 0 Å². The van der Waals surface area contributed by atoms with Crippen molar-refractivity contribution in [1.82, 2.24) is 9.80 Å². The van der Waals surface area contributed by atoms with Crippen LogP contribution in [0, 0.1) is 0 Å². The van der Waals surface area contributed by atoms with Gasteiger partial charge in [0.05, 0.1) is 6.61 Å².